The van der Waals surface area contributed by atoms with Crippen LogP contribution in [0.2, 0.25) is 0 Å². The van der Waals surface area contributed by atoms with Crippen LogP contribution in [0.5, 0.6) is 0 Å². The van der Waals surface area contributed by atoms with Crippen LogP contribution >= 0.6 is 11.3 Å². The van der Waals surface area contributed by atoms with E-state index in [1.807, 2.05) is 28.8 Å². The second kappa shape index (κ2) is 5.34. The molecular formula is C14H10N4O2S. The number of benzene rings is 1. The number of hydrogen-bond acceptors (Lipinski definition) is 5. The van der Waals surface area contributed by atoms with Crippen LogP contribution in [0.4, 0.5) is 0 Å². The van der Waals surface area contributed by atoms with Gasteiger partial charge in [-0.3, -0.25) is 0 Å². The lowest BCUT2D eigenvalue weighted by molar-refractivity contribution is 0.0696. The molecule has 7 heteroatoms. The number of carboxylic acids is 1. The van der Waals surface area contributed by atoms with E-state index in [1.54, 1.807) is 5.38 Å². The molecule has 0 atom stereocenters. The third-order valence-electron chi connectivity index (χ3n) is 3.03. The van der Waals surface area contributed by atoms with E-state index in [0.717, 1.165) is 22.4 Å². The fraction of sp³-hybridized carbons (Fsp3) is 0.143. The monoisotopic (exact) mass is 298 g/mol. The molecule has 6 nitrogen and oxygen atoms in total. The summed E-state index contributed by atoms with van der Waals surface area (Å²) in [5.41, 5.74) is 2.38. The number of aromatic carboxylic acids is 1. The summed E-state index contributed by atoms with van der Waals surface area (Å²) in [5.74, 6) is -0.373. The molecule has 3 rings (SSSR count). The summed E-state index contributed by atoms with van der Waals surface area (Å²) in [7, 11) is 0. The first-order valence-electron chi connectivity index (χ1n) is 6.18. The molecule has 0 bridgehead atoms. The fourth-order valence-corrected chi connectivity index (χ4v) is 2.79. The number of para-hydroxylation sites is 2. The van der Waals surface area contributed by atoms with Gasteiger partial charge in [-0.25, -0.2) is 14.8 Å². The molecule has 0 aliphatic rings. The number of hydrogen-bond donors (Lipinski definition) is 1. The second-order valence-electron chi connectivity index (χ2n) is 4.39. The molecule has 1 N–H and O–H groups in total. The Morgan fingerprint density at radius 1 is 1.38 bits per heavy atom. The van der Waals surface area contributed by atoms with Gasteiger partial charge in [0, 0.05) is 5.38 Å². The number of thiazole rings is 1. The van der Waals surface area contributed by atoms with E-state index in [2.05, 4.69) is 16.0 Å². The van der Waals surface area contributed by atoms with Gasteiger partial charge in [-0.15, -0.1) is 11.3 Å². The van der Waals surface area contributed by atoms with Crippen LogP contribution in [-0.4, -0.2) is 25.6 Å². The Hall–Kier alpha value is -2.72. The Morgan fingerprint density at radius 2 is 2.19 bits per heavy atom. The van der Waals surface area contributed by atoms with Crippen LogP contribution in [0.25, 0.3) is 11.0 Å². The van der Waals surface area contributed by atoms with Crippen molar-refractivity contribution in [3.05, 3.63) is 46.2 Å². The minimum Gasteiger partial charge on any atom is -0.476 e. The largest absolute Gasteiger partial charge is 0.476 e. The van der Waals surface area contributed by atoms with Gasteiger partial charge < -0.3 is 9.67 Å². The summed E-state index contributed by atoms with van der Waals surface area (Å²) < 4.78 is 1.90. The van der Waals surface area contributed by atoms with Crippen molar-refractivity contribution in [1.29, 1.82) is 5.26 Å². The van der Waals surface area contributed by atoms with E-state index in [4.69, 9.17) is 10.4 Å². The highest BCUT2D eigenvalue weighted by molar-refractivity contribution is 7.11. The predicted octanol–water partition coefficient (Wildman–Crippen LogP) is 2.31. The maximum atomic E-state index is 10.9. The molecule has 1 aromatic carbocycles. The van der Waals surface area contributed by atoms with Gasteiger partial charge in [0.25, 0.3) is 0 Å². The first kappa shape index (κ1) is 13.3. The maximum Gasteiger partial charge on any atom is 0.365 e. The summed E-state index contributed by atoms with van der Waals surface area (Å²) >= 11 is 1.09. The van der Waals surface area contributed by atoms with Crippen LogP contribution in [0.15, 0.2) is 29.6 Å². The molecule has 0 saturated carbocycles. The summed E-state index contributed by atoms with van der Waals surface area (Å²) in [5, 5.41) is 19.6. The molecule has 0 aliphatic heterocycles. The van der Waals surface area contributed by atoms with Gasteiger partial charge in [0.05, 0.1) is 35.8 Å². The standard InChI is InChI=1S/C14H10N4O2S/c15-6-5-12-17-10-3-1-2-4-11(10)18(12)7-9-8-21-13(16-9)14(19)20/h1-4,8H,5,7H2,(H,19,20). The quantitative estimate of drug-likeness (QED) is 0.798. The third kappa shape index (κ3) is 2.49. The fourth-order valence-electron chi connectivity index (χ4n) is 2.15. The van der Waals surface area contributed by atoms with Crippen molar-refractivity contribution < 1.29 is 9.90 Å². The normalized spacial score (nSPS) is 10.6. The Bertz CT molecular complexity index is 859. The van der Waals surface area contributed by atoms with Gasteiger partial charge >= 0.3 is 5.97 Å². The molecule has 2 aromatic heterocycles. The topological polar surface area (TPSA) is 91.8 Å². The number of aromatic nitrogens is 3. The zero-order valence-electron chi connectivity index (χ0n) is 10.9. The molecule has 21 heavy (non-hydrogen) atoms. The molecular weight excluding hydrogens is 288 g/mol. The molecule has 2 heterocycles. The minimum atomic E-state index is -1.03. The third-order valence-corrected chi connectivity index (χ3v) is 3.90. The van der Waals surface area contributed by atoms with Gasteiger partial charge in [-0.05, 0) is 12.1 Å². The molecule has 0 amide bonds. The molecule has 0 aliphatic carbocycles. The number of carboxylic acid groups (broad SMARTS) is 1. The van der Waals surface area contributed by atoms with Gasteiger partial charge in [0.15, 0.2) is 0 Å². The van der Waals surface area contributed by atoms with Crippen molar-refractivity contribution in [2.45, 2.75) is 13.0 Å². The van der Waals surface area contributed by atoms with E-state index in [9.17, 15) is 4.79 Å². The van der Waals surface area contributed by atoms with Crippen LogP contribution in [0, 0.1) is 11.3 Å². The molecule has 0 spiro atoms. The second-order valence-corrected chi connectivity index (χ2v) is 5.25. The summed E-state index contributed by atoms with van der Waals surface area (Å²) in [4.78, 5) is 19.4. The Labute approximate surface area is 123 Å². The lowest BCUT2D eigenvalue weighted by Gasteiger charge is -2.05. The van der Waals surface area contributed by atoms with Gasteiger partial charge in [-0.2, -0.15) is 5.26 Å². The highest BCUT2D eigenvalue weighted by Gasteiger charge is 2.14. The number of fused-ring (bicyclic) bond motifs is 1. The van der Waals surface area contributed by atoms with E-state index < -0.39 is 5.97 Å². The lowest BCUT2D eigenvalue weighted by atomic mass is 10.3. The SMILES string of the molecule is N#CCc1nc2ccccc2n1Cc1csc(C(=O)O)n1. The smallest absolute Gasteiger partial charge is 0.365 e. The molecule has 0 saturated heterocycles. The summed E-state index contributed by atoms with van der Waals surface area (Å²) in [6.07, 6.45) is 0.199. The Morgan fingerprint density at radius 3 is 2.90 bits per heavy atom. The highest BCUT2D eigenvalue weighted by Crippen LogP contribution is 2.19. The number of nitriles is 1. The van der Waals surface area contributed by atoms with Crippen molar-refractivity contribution in [3.63, 3.8) is 0 Å². The van der Waals surface area contributed by atoms with Crippen molar-refractivity contribution >= 4 is 28.3 Å². The van der Waals surface area contributed by atoms with Crippen LogP contribution in [-0.2, 0) is 13.0 Å². The van der Waals surface area contributed by atoms with Gasteiger partial charge in [0.1, 0.15) is 5.82 Å². The van der Waals surface area contributed by atoms with E-state index in [0.29, 0.717) is 18.1 Å². The number of imidazole rings is 1. The van der Waals surface area contributed by atoms with E-state index in [1.165, 1.54) is 0 Å². The number of nitrogens with zero attached hydrogens (tertiary/aromatic N) is 4. The van der Waals surface area contributed by atoms with E-state index in [-0.39, 0.29) is 11.4 Å². The van der Waals surface area contributed by atoms with Crippen molar-refractivity contribution in [1.82, 2.24) is 14.5 Å². The number of carbonyl (C=O) groups is 1. The molecule has 0 fully saturated rings. The van der Waals surface area contributed by atoms with Gasteiger partial charge in [0.2, 0.25) is 5.01 Å². The van der Waals surface area contributed by atoms with Gasteiger partial charge in [-0.1, -0.05) is 12.1 Å². The van der Waals surface area contributed by atoms with Crippen molar-refractivity contribution in [2.75, 3.05) is 0 Å². The zero-order valence-corrected chi connectivity index (χ0v) is 11.7. The lowest BCUT2D eigenvalue weighted by Crippen LogP contribution is -2.06. The molecule has 104 valence electrons. The first-order valence-corrected chi connectivity index (χ1v) is 7.06. The van der Waals surface area contributed by atoms with E-state index >= 15 is 0 Å². The first-order chi connectivity index (χ1) is 10.2. The van der Waals surface area contributed by atoms with Crippen LogP contribution in [0.3, 0.4) is 0 Å². The summed E-state index contributed by atoms with van der Waals surface area (Å²) in [6.45, 7) is 0.404. The Balaban J connectivity index is 2.03. The highest BCUT2D eigenvalue weighted by atomic mass is 32.1. The average Bonchev–Trinajstić information content (AvgIpc) is 3.06. The zero-order chi connectivity index (χ0) is 14.8. The molecule has 0 unspecified atom stereocenters. The molecule has 0 radical (unpaired) electrons. The maximum absolute atomic E-state index is 10.9. The summed E-state index contributed by atoms with van der Waals surface area (Å²) in [6, 6.07) is 9.70. The van der Waals surface area contributed by atoms with Crippen LogP contribution in [0.1, 0.15) is 21.3 Å². The predicted molar refractivity (Wildman–Crippen MR) is 77.2 cm³/mol. The van der Waals surface area contributed by atoms with Crippen molar-refractivity contribution in [2.24, 2.45) is 0 Å². The number of rotatable bonds is 4. The minimum absolute atomic E-state index is 0.0660. The van der Waals surface area contributed by atoms with Crippen molar-refractivity contribution in [3.8, 4) is 6.07 Å². The molecule has 3 aromatic rings. The van der Waals surface area contributed by atoms with Crippen LogP contribution < -0.4 is 0 Å². The Kier molecular flexibility index (Phi) is 3.38. The average molecular weight is 298 g/mol.